The van der Waals surface area contributed by atoms with E-state index in [0.29, 0.717) is 5.82 Å². The Morgan fingerprint density at radius 2 is 2.11 bits per heavy atom. The lowest BCUT2D eigenvalue weighted by molar-refractivity contribution is 0.768. The number of anilines is 1. The minimum atomic E-state index is 0.715. The van der Waals surface area contributed by atoms with E-state index in [0.717, 1.165) is 40.9 Å². The maximum atomic E-state index is 4.59. The van der Waals surface area contributed by atoms with Crippen molar-refractivity contribution in [2.24, 2.45) is 7.05 Å². The lowest BCUT2D eigenvalue weighted by atomic mass is 10.2. The second-order valence-corrected chi connectivity index (χ2v) is 5.13. The standard InChI is InChI=1S/C13H18BrN5/c1-4-6-15-13-11(14)10(5-2)17-12(18-13)9-7-16-19(3)8-9/h7-8H,4-6H2,1-3H3,(H,15,17,18). The molecular weight excluding hydrogens is 306 g/mol. The van der Waals surface area contributed by atoms with E-state index in [1.54, 1.807) is 10.9 Å². The Hall–Kier alpha value is -1.43. The Morgan fingerprint density at radius 1 is 1.32 bits per heavy atom. The Bertz CT molecular complexity index is 564. The van der Waals surface area contributed by atoms with Crippen molar-refractivity contribution in [2.45, 2.75) is 26.7 Å². The molecule has 0 saturated carbocycles. The molecule has 2 aromatic heterocycles. The van der Waals surface area contributed by atoms with Gasteiger partial charge >= 0.3 is 0 Å². The van der Waals surface area contributed by atoms with Gasteiger partial charge in [-0.3, -0.25) is 4.68 Å². The van der Waals surface area contributed by atoms with E-state index in [1.165, 1.54) is 0 Å². The monoisotopic (exact) mass is 323 g/mol. The molecule has 0 amide bonds. The van der Waals surface area contributed by atoms with Gasteiger partial charge in [0.05, 0.1) is 21.9 Å². The van der Waals surface area contributed by atoms with Gasteiger partial charge in [0.1, 0.15) is 5.82 Å². The normalized spacial score (nSPS) is 10.7. The zero-order valence-electron chi connectivity index (χ0n) is 11.4. The molecule has 102 valence electrons. The van der Waals surface area contributed by atoms with E-state index in [-0.39, 0.29) is 0 Å². The molecule has 5 nitrogen and oxygen atoms in total. The van der Waals surface area contributed by atoms with Crippen LogP contribution in [0.2, 0.25) is 0 Å². The summed E-state index contributed by atoms with van der Waals surface area (Å²) < 4.78 is 2.71. The fraction of sp³-hybridized carbons (Fsp3) is 0.462. The third kappa shape index (κ3) is 3.12. The Kier molecular flexibility index (Phi) is 4.52. The Labute approximate surface area is 121 Å². The highest BCUT2D eigenvalue weighted by Crippen LogP contribution is 2.27. The quantitative estimate of drug-likeness (QED) is 0.918. The number of hydrogen-bond acceptors (Lipinski definition) is 4. The van der Waals surface area contributed by atoms with Gasteiger partial charge in [0, 0.05) is 19.8 Å². The van der Waals surface area contributed by atoms with E-state index < -0.39 is 0 Å². The third-order valence-corrected chi connectivity index (χ3v) is 3.59. The summed E-state index contributed by atoms with van der Waals surface area (Å²) >= 11 is 3.58. The van der Waals surface area contributed by atoms with Crippen LogP contribution in [0.3, 0.4) is 0 Å². The summed E-state index contributed by atoms with van der Waals surface area (Å²) in [6.07, 6.45) is 5.62. The number of aromatic nitrogens is 4. The fourth-order valence-electron chi connectivity index (χ4n) is 1.75. The number of nitrogens with one attached hydrogen (secondary N) is 1. The maximum Gasteiger partial charge on any atom is 0.165 e. The smallest absolute Gasteiger partial charge is 0.165 e. The SMILES string of the molecule is CCCNc1nc(-c2cnn(C)c2)nc(CC)c1Br. The van der Waals surface area contributed by atoms with Crippen molar-refractivity contribution in [3.8, 4) is 11.4 Å². The number of hydrogen-bond donors (Lipinski definition) is 1. The zero-order valence-corrected chi connectivity index (χ0v) is 13.0. The van der Waals surface area contributed by atoms with E-state index >= 15 is 0 Å². The van der Waals surface area contributed by atoms with E-state index in [4.69, 9.17) is 0 Å². The summed E-state index contributed by atoms with van der Waals surface area (Å²) in [6, 6.07) is 0. The van der Waals surface area contributed by atoms with Crippen LogP contribution in [0.15, 0.2) is 16.9 Å². The fourth-order valence-corrected chi connectivity index (χ4v) is 2.35. The first-order valence-electron chi connectivity index (χ1n) is 6.45. The average molecular weight is 324 g/mol. The molecule has 0 atom stereocenters. The van der Waals surface area contributed by atoms with Crippen LogP contribution in [0.5, 0.6) is 0 Å². The maximum absolute atomic E-state index is 4.59. The first kappa shape index (κ1) is 14.0. The van der Waals surface area contributed by atoms with Gasteiger partial charge in [-0.15, -0.1) is 0 Å². The lowest BCUT2D eigenvalue weighted by Crippen LogP contribution is -2.07. The molecule has 19 heavy (non-hydrogen) atoms. The predicted octanol–water partition coefficient (Wildman–Crippen LogP) is 3.02. The number of halogens is 1. The first-order valence-corrected chi connectivity index (χ1v) is 7.24. The molecule has 0 bridgehead atoms. The van der Waals surface area contributed by atoms with Crippen LogP contribution >= 0.6 is 15.9 Å². The van der Waals surface area contributed by atoms with Crippen molar-refractivity contribution in [1.29, 1.82) is 0 Å². The van der Waals surface area contributed by atoms with Gasteiger partial charge in [-0.25, -0.2) is 9.97 Å². The molecule has 0 aliphatic heterocycles. The number of nitrogens with zero attached hydrogens (tertiary/aromatic N) is 4. The first-order chi connectivity index (χ1) is 9.15. The average Bonchev–Trinajstić information content (AvgIpc) is 2.84. The second kappa shape index (κ2) is 6.14. The van der Waals surface area contributed by atoms with Gasteiger partial charge in [-0.1, -0.05) is 13.8 Å². The number of aryl methyl sites for hydroxylation is 2. The van der Waals surface area contributed by atoms with Crippen LogP contribution in [0.1, 0.15) is 26.0 Å². The molecule has 0 unspecified atom stereocenters. The third-order valence-electron chi connectivity index (χ3n) is 2.76. The van der Waals surface area contributed by atoms with E-state index in [9.17, 15) is 0 Å². The van der Waals surface area contributed by atoms with Gasteiger partial charge in [0.25, 0.3) is 0 Å². The number of rotatable bonds is 5. The molecule has 0 saturated heterocycles. The van der Waals surface area contributed by atoms with Crippen molar-refractivity contribution in [3.05, 3.63) is 22.6 Å². The molecule has 6 heteroatoms. The van der Waals surface area contributed by atoms with Crippen molar-refractivity contribution in [2.75, 3.05) is 11.9 Å². The van der Waals surface area contributed by atoms with Gasteiger partial charge in [0.2, 0.25) is 0 Å². The van der Waals surface area contributed by atoms with Crippen LogP contribution in [-0.4, -0.2) is 26.3 Å². The van der Waals surface area contributed by atoms with Crippen LogP contribution < -0.4 is 5.32 Å². The minimum Gasteiger partial charge on any atom is -0.369 e. The lowest BCUT2D eigenvalue weighted by Gasteiger charge is -2.11. The largest absolute Gasteiger partial charge is 0.369 e. The van der Waals surface area contributed by atoms with E-state index in [1.807, 2.05) is 13.2 Å². The van der Waals surface area contributed by atoms with Crippen molar-refractivity contribution >= 4 is 21.7 Å². The molecule has 2 rings (SSSR count). The zero-order chi connectivity index (χ0) is 13.8. The molecule has 0 radical (unpaired) electrons. The topological polar surface area (TPSA) is 55.6 Å². The summed E-state index contributed by atoms with van der Waals surface area (Å²) in [6.45, 7) is 5.11. The second-order valence-electron chi connectivity index (χ2n) is 4.34. The van der Waals surface area contributed by atoms with Crippen LogP contribution in [0, 0.1) is 0 Å². The van der Waals surface area contributed by atoms with Crippen LogP contribution in [0.25, 0.3) is 11.4 Å². The molecule has 0 spiro atoms. The van der Waals surface area contributed by atoms with Gasteiger partial charge in [-0.05, 0) is 28.8 Å². The molecule has 2 aromatic rings. The summed E-state index contributed by atoms with van der Waals surface area (Å²) in [5.74, 6) is 1.57. The molecule has 0 aromatic carbocycles. The summed E-state index contributed by atoms with van der Waals surface area (Å²) in [5, 5.41) is 7.50. The molecule has 2 heterocycles. The summed E-state index contributed by atoms with van der Waals surface area (Å²) in [7, 11) is 1.89. The minimum absolute atomic E-state index is 0.715. The Morgan fingerprint density at radius 3 is 2.68 bits per heavy atom. The van der Waals surface area contributed by atoms with Gasteiger partial charge in [0.15, 0.2) is 5.82 Å². The van der Waals surface area contributed by atoms with Crippen molar-refractivity contribution in [1.82, 2.24) is 19.7 Å². The predicted molar refractivity (Wildman–Crippen MR) is 80.1 cm³/mol. The molecule has 0 aliphatic carbocycles. The highest BCUT2D eigenvalue weighted by Gasteiger charge is 2.13. The van der Waals surface area contributed by atoms with Gasteiger partial charge in [-0.2, -0.15) is 5.10 Å². The molecule has 0 aliphatic rings. The van der Waals surface area contributed by atoms with E-state index in [2.05, 4.69) is 50.2 Å². The Balaban J connectivity index is 2.44. The molecular formula is C13H18BrN5. The molecule has 1 N–H and O–H groups in total. The van der Waals surface area contributed by atoms with Crippen molar-refractivity contribution in [3.63, 3.8) is 0 Å². The van der Waals surface area contributed by atoms with Gasteiger partial charge < -0.3 is 5.32 Å². The highest BCUT2D eigenvalue weighted by molar-refractivity contribution is 9.10. The van der Waals surface area contributed by atoms with Crippen LogP contribution in [-0.2, 0) is 13.5 Å². The summed E-state index contributed by atoms with van der Waals surface area (Å²) in [4.78, 5) is 9.17. The molecule has 0 fully saturated rings. The summed E-state index contributed by atoms with van der Waals surface area (Å²) in [5.41, 5.74) is 1.94. The highest BCUT2D eigenvalue weighted by atomic mass is 79.9. The van der Waals surface area contributed by atoms with Crippen molar-refractivity contribution < 1.29 is 0 Å². The van der Waals surface area contributed by atoms with Crippen LogP contribution in [0.4, 0.5) is 5.82 Å².